The molecule has 0 bridgehead atoms. The summed E-state index contributed by atoms with van der Waals surface area (Å²) in [5.74, 6) is 1.17. The molecule has 2 N–H and O–H groups in total. The largest absolute Gasteiger partial charge is 0.438 e. The number of nitrogens with zero attached hydrogens (tertiary/aromatic N) is 1. The van der Waals surface area contributed by atoms with Gasteiger partial charge in [0, 0.05) is 22.4 Å². The maximum Gasteiger partial charge on any atom is 0.221 e. The van der Waals surface area contributed by atoms with Crippen LogP contribution in [0.4, 0.5) is 5.69 Å². The van der Waals surface area contributed by atoms with E-state index >= 15 is 0 Å². The van der Waals surface area contributed by atoms with Gasteiger partial charge in [0.1, 0.15) is 5.75 Å². The van der Waals surface area contributed by atoms with Crippen LogP contribution in [0.1, 0.15) is 0 Å². The van der Waals surface area contributed by atoms with E-state index in [2.05, 4.69) is 36.8 Å². The number of hydrogen-bond donors (Lipinski definition) is 1. The molecule has 0 unspecified atom stereocenters. The van der Waals surface area contributed by atoms with Crippen LogP contribution >= 0.6 is 31.9 Å². The lowest BCUT2D eigenvalue weighted by atomic mass is 10.3. The molecule has 0 fully saturated rings. The number of anilines is 1. The zero-order valence-corrected chi connectivity index (χ0v) is 11.3. The molecule has 0 saturated carbocycles. The zero-order chi connectivity index (χ0) is 11.5. The number of aromatic nitrogens is 1. The van der Waals surface area contributed by atoms with Crippen LogP contribution in [0.5, 0.6) is 11.6 Å². The van der Waals surface area contributed by atoms with E-state index in [1.165, 1.54) is 0 Å². The molecule has 16 heavy (non-hydrogen) atoms. The highest BCUT2D eigenvalue weighted by molar-refractivity contribution is 9.11. The van der Waals surface area contributed by atoms with E-state index in [0.29, 0.717) is 17.3 Å². The van der Waals surface area contributed by atoms with Crippen molar-refractivity contribution in [3.05, 3.63) is 45.5 Å². The molecule has 0 aliphatic heterocycles. The number of halogens is 2. The van der Waals surface area contributed by atoms with Crippen molar-refractivity contribution < 1.29 is 4.74 Å². The summed E-state index contributed by atoms with van der Waals surface area (Å²) < 4.78 is 7.42. The topological polar surface area (TPSA) is 48.1 Å². The average Bonchev–Trinajstić information content (AvgIpc) is 2.22. The molecule has 0 aliphatic carbocycles. The summed E-state index contributed by atoms with van der Waals surface area (Å²) in [6, 6.07) is 9.03. The number of rotatable bonds is 2. The van der Waals surface area contributed by atoms with Crippen LogP contribution in [-0.2, 0) is 0 Å². The van der Waals surface area contributed by atoms with Gasteiger partial charge in [0.05, 0.1) is 4.47 Å². The molecule has 2 rings (SSSR count). The van der Waals surface area contributed by atoms with Gasteiger partial charge in [-0.3, -0.25) is 0 Å². The Morgan fingerprint density at radius 1 is 1.12 bits per heavy atom. The Kier molecular flexibility index (Phi) is 3.46. The van der Waals surface area contributed by atoms with Gasteiger partial charge in [0.15, 0.2) is 0 Å². The van der Waals surface area contributed by atoms with Crippen molar-refractivity contribution in [2.24, 2.45) is 0 Å². The summed E-state index contributed by atoms with van der Waals surface area (Å²) in [5.41, 5.74) is 6.26. The summed E-state index contributed by atoms with van der Waals surface area (Å²) in [5, 5.41) is 0. The van der Waals surface area contributed by atoms with Gasteiger partial charge >= 0.3 is 0 Å². The third-order valence-electron chi connectivity index (χ3n) is 1.87. The fourth-order valence-corrected chi connectivity index (χ4v) is 2.28. The summed E-state index contributed by atoms with van der Waals surface area (Å²) in [7, 11) is 0. The second kappa shape index (κ2) is 4.84. The van der Waals surface area contributed by atoms with E-state index in [1.54, 1.807) is 18.3 Å². The summed E-state index contributed by atoms with van der Waals surface area (Å²) >= 11 is 6.78. The highest BCUT2D eigenvalue weighted by Gasteiger charge is 2.04. The van der Waals surface area contributed by atoms with Crippen molar-refractivity contribution >= 4 is 37.5 Å². The minimum Gasteiger partial charge on any atom is -0.438 e. The quantitative estimate of drug-likeness (QED) is 0.897. The molecule has 82 valence electrons. The molecule has 1 heterocycles. The van der Waals surface area contributed by atoms with Crippen LogP contribution in [0.2, 0.25) is 0 Å². The first-order valence-electron chi connectivity index (χ1n) is 4.49. The summed E-state index contributed by atoms with van der Waals surface area (Å²) in [6.45, 7) is 0. The van der Waals surface area contributed by atoms with E-state index < -0.39 is 0 Å². The Hall–Kier alpha value is -1.07. The molecule has 0 saturated heterocycles. The average molecular weight is 344 g/mol. The predicted octanol–water partition coefficient (Wildman–Crippen LogP) is 3.98. The molecular weight excluding hydrogens is 336 g/mol. The molecule has 5 heteroatoms. The van der Waals surface area contributed by atoms with Gasteiger partial charge in [0.25, 0.3) is 0 Å². The first-order chi connectivity index (χ1) is 7.65. The molecule has 0 amide bonds. The van der Waals surface area contributed by atoms with Crippen LogP contribution in [0, 0.1) is 0 Å². The number of nitrogen functional groups attached to an aromatic ring is 1. The fourth-order valence-electron chi connectivity index (χ4n) is 1.15. The van der Waals surface area contributed by atoms with Gasteiger partial charge in [-0.1, -0.05) is 15.9 Å². The molecule has 3 nitrogen and oxygen atoms in total. The summed E-state index contributed by atoms with van der Waals surface area (Å²) in [6.07, 6.45) is 1.61. The van der Waals surface area contributed by atoms with Crippen molar-refractivity contribution in [3.8, 4) is 11.6 Å². The number of ether oxygens (including phenoxy) is 1. The molecule has 0 radical (unpaired) electrons. The van der Waals surface area contributed by atoms with Gasteiger partial charge in [-0.25, -0.2) is 4.98 Å². The molecule has 0 spiro atoms. The van der Waals surface area contributed by atoms with Crippen LogP contribution in [0.15, 0.2) is 45.5 Å². The lowest BCUT2D eigenvalue weighted by molar-refractivity contribution is 0.460. The monoisotopic (exact) mass is 342 g/mol. The van der Waals surface area contributed by atoms with Crippen molar-refractivity contribution in [2.45, 2.75) is 0 Å². The maximum atomic E-state index is 5.64. The standard InChI is InChI=1S/C11H8Br2N2O/c12-7-1-2-10(9(13)5-7)16-11-6-8(14)3-4-15-11/h1-6H,(H2,14,15). The van der Waals surface area contributed by atoms with Crippen LogP contribution in [-0.4, -0.2) is 4.98 Å². The van der Waals surface area contributed by atoms with Crippen molar-refractivity contribution in [3.63, 3.8) is 0 Å². The van der Waals surface area contributed by atoms with E-state index in [-0.39, 0.29) is 0 Å². The number of benzene rings is 1. The van der Waals surface area contributed by atoms with Crippen LogP contribution < -0.4 is 10.5 Å². The van der Waals surface area contributed by atoms with E-state index in [1.807, 2.05) is 18.2 Å². The Bertz CT molecular complexity index is 517. The molecule has 1 aromatic carbocycles. The van der Waals surface area contributed by atoms with Crippen molar-refractivity contribution in [1.29, 1.82) is 0 Å². The lowest BCUT2D eigenvalue weighted by Crippen LogP contribution is -1.91. The third kappa shape index (κ3) is 2.74. The van der Waals surface area contributed by atoms with Crippen molar-refractivity contribution in [2.75, 3.05) is 5.73 Å². The van der Waals surface area contributed by atoms with Crippen molar-refractivity contribution in [1.82, 2.24) is 4.98 Å². The number of hydrogen-bond acceptors (Lipinski definition) is 3. The minimum absolute atomic E-state index is 0.475. The van der Waals surface area contributed by atoms with Gasteiger partial charge < -0.3 is 10.5 Å². The second-order valence-electron chi connectivity index (χ2n) is 3.10. The Balaban J connectivity index is 2.27. The van der Waals surface area contributed by atoms with Crippen LogP contribution in [0.25, 0.3) is 0 Å². The zero-order valence-electron chi connectivity index (χ0n) is 8.15. The Morgan fingerprint density at radius 2 is 1.94 bits per heavy atom. The Morgan fingerprint density at radius 3 is 2.62 bits per heavy atom. The van der Waals surface area contributed by atoms with E-state index in [0.717, 1.165) is 8.95 Å². The van der Waals surface area contributed by atoms with Gasteiger partial charge in [-0.05, 0) is 40.2 Å². The van der Waals surface area contributed by atoms with Gasteiger partial charge in [-0.2, -0.15) is 0 Å². The first kappa shape index (κ1) is 11.4. The lowest BCUT2D eigenvalue weighted by Gasteiger charge is -2.07. The fraction of sp³-hybridized carbons (Fsp3) is 0. The first-order valence-corrected chi connectivity index (χ1v) is 6.08. The normalized spacial score (nSPS) is 10.1. The third-order valence-corrected chi connectivity index (χ3v) is 2.98. The molecule has 0 aliphatic rings. The maximum absolute atomic E-state index is 5.64. The number of pyridine rings is 1. The van der Waals surface area contributed by atoms with E-state index in [4.69, 9.17) is 10.5 Å². The highest BCUT2D eigenvalue weighted by atomic mass is 79.9. The SMILES string of the molecule is Nc1ccnc(Oc2ccc(Br)cc2Br)c1. The molecule has 2 aromatic rings. The van der Waals surface area contributed by atoms with E-state index in [9.17, 15) is 0 Å². The minimum atomic E-state index is 0.475. The molecular formula is C11H8Br2N2O. The molecule has 1 aromatic heterocycles. The molecule has 0 atom stereocenters. The summed E-state index contributed by atoms with van der Waals surface area (Å²) in [4.78, 5) is 4.06. The predicted molar refractivity (Wildman–Crippen MR) is 70.6 cm³/mol. The Labute approximate surface area is 110 Å². The van der Waals surface area contributed by atoms with Gasteiger partial charge in [-0.15, -0.1) is 0 Å². The highest BCUT2D eigenvalue weighted by Crippen LogP contribution is 2.31. The second-order valence-corrected chi connectivity index (χ2v) is 4.87. The van der Waals surface area contributed by atoms with Crippen LogP contribution in [0.3, 0.4) is 0 Å². The number of nitrogens with two attached hydrogens (primary N) is 1. The smallest absolute Gasteiger partial charge is 0.221 e. The van der Waals surface area contributed by atoms with Gasteiger partial charge in [0.2, 0.25) is 5.88 Å².